The maximum absolute atomic E-state index is 13.3. The molecule has 0 unspecified atom stereocenters. The van der Waals surface area contributed by atoms with Gasteiger partial charge in [0, 0.05) is 5.56 Å². The molecule has 0 bridgehead atoms. The Bertz CT molecular complexity index is 1090. The fraction of sp³-hybridized carbons (Fsp3) is 0.118. The lowest BCUT2D eigenvalue weighted by Crippen LogP contribution is -2.28. The van der Waals surface area contributed by atoms with Crippen molar-refractivity contribution in [3.8, 4) is 0 Å². The van der Waals surface area contributed by atoms with E-state index < -0.39 is 29.2 Å². The van der Waals surface area contributed by atoms with E-state index in [4.69, 9.17) is 0 Å². The Hall–Kier alpha value is -3.01. The molecule has 1 N–H and O–H groups in total. The highest BCUT2D eigenvalue weighted by molar-refractivity contribution is 7.02. The first kappa shape index (κ1) is 18.8. The minimum atomic E-state index is -4.51. The maximum atomic E-state index is 13.3. The molecule has 1 heterocycles. The standard InChI is InChI=1S/C17H11F4N3O2S/c18-13-3-1-2-10(8-13)9-24-15(26)23-27-16(24)22-14(25)11-4-6-12(7-5-11)17(19,20)21/h1-8H,9H2,(H,23,26)/b22-16-. The summed E-state index contributed by atoms with van der Waals surface area (Å²) in [4.78, 5) is 28.0. The van der Waals surface area contributed by atoms with E-state index in [1.54, 1.807) is 6.07 Å². The number of hydrogen-bond donors (Lipinski definition) is 1. The summed E-state index contributed by atoms with van der Waals surface area (Å²) < 4.78 is 54.6. The lowest BCUT2D eigenvalue weighted by Gasteiger charge is -2.06. The minimum Gasteiger partial charge on any atom is -0.267 e. The van der Waals surface area contributed by atoms with Crippen LogP contribution < -0.4 is 10.5 Å². The second-order valence-corrected chi connectivity index (χ2v) is 6.27. The highest BCUT2D eigenvalue weighted by Gasteiger charge is 2.30. The number of aromatic amines is 1. The van der Waals surface area contributed by atoms with Gasteiger partial charge in [-0.2, -0.15) is 18.2 Å². The highest BCUT2D eigenvalue weighted by Crippen LogP contribution is 2.29. The molecule has 0 fully saturated rings. The summed E-state index contributed by atoms with van der Waals surface area (Å²) >= 11 is 0.794. The van der Waals surface area contributed by atoms with Crippen molar-refractivity contribution in [3.63, 3.8) is 0 Å². The van der Waals surface area contributed by atoms with Crippen molar-refractivity contribution in [2.75, 3.05) is 0 Å². The van der Waals surface area contributed by atoms with Gasteiger partial charge in [-0.1, -0.05) is 12.1 Å². The van der Waals surface area contributed by atoms with Gasteiger partial charge < -0.3 is 0 Å². The van der Waals surface area contributed by atoms with E-state index in [0.717, 1.165) is 40.4 Å². The molecule has 1 aromatic heterocycles. The zero-order valence-electron chi connectivity index (χ0n) is 13.5. The van der Waals surface area contributed by atoms with Crippen LogP contribution in [0.5, 0.6) is 0 Å². The third kappa shape index (κ3) is 4.40. The Morgan fingerprint density at radius 2 is 1.85 bits per heavy atom. The van der Waals surface area contributed by atoms with Gasteiger partial charge in [0.25, 0.3) is 5.91 Å². The van der Waals surface area contributed by atoms with Gasteiger partial charge in [-0.3, -0.25) is 13.7 Å². The molecule has 3 aromatic rings. The fourth-order valence-electron chi connectivity index (χ4n) is 2.28. The Balaban J connectivity index is 1.91. The summed E-state index contributed by atoms with van der Waals surface area (Å²) in [5, 5.41) is 0. The second kappa shape index (κ2) is 7.31. The molecular weight excluding hydrogens is 386 g/mol. The summed E-state index contributed by atoms with van der Waals surface area (Å²) in [5.41, 5.74) is -0.988. The number of nitrogens with one attached hydrogen (secondary N) is 1. The SMILES string of the molecule is O=C(/N=c1\s[nH]c(=O)n1Cc1cccc(F)c1)c1ccc(C(F)(F)F)cc1. The number of halogens is 4. The van der Waals surface area contributed by atoms with Gasteiger partial charge in [-0.15, -0.1) is 0 Å². The molecule has 27 heavy (non-hydrogen) atoms. The Morgan fingerprint density at radius 1 is 1.15 bits per heavy atom. The molecule has 140 valence electrons. The van der Waals surface area contributed by atoms with Gasteiger partial charge in [-0.05, 0) is 53.5 Å². The number of alkyl halides is 3. The molecule has 0 aliphatic heterocycles. The number of carbonyl (C=O) groups excluding carboxylic acids is 1. The molecule has 1 amide bonds. The van der Waals surface area contributed by atoms with Crippen LogP contribution in [0.3, 0.4) is 0 Å². The van der Waals surface area contributed by atoms with E-state index in [2.05, 4.69) is 9.37 Å². The molecule has 10 heteroatoms. The van der Waals surface area contributed by atoms with Crippen molar-refractivity contribution in [1.29, 1.82) is 0 Å². The number of aromatic nitrogens is 2. The molecule has 0 saturated carbocycles. The second-order valence-electron chi connectivity index (χ2n) is 5.50. The van der Waals surface area contributed by atoms with Crippen molar-refractivity contribution >= 4 is 17.4 Å². The third-order valence-corrected chi connectivity index (χ3v) is 4.36. The lowest BCUT2D eigenvalue weighted by molar-refractivity contribution is -0.137. The number of carbonyl (C=O) groups is 1. The van der Waals surface area contributed by atoms with Gasteiger partial charge in [-0.25, -0.2) is 9.18 Å². The molecule has 0 radical (unpaired) electrons. The molecule has 0 saturated heterocycles. The van der Waals surface area contributed by atoms with Crippen LogP contribution in [0, 0.1) is 5.82 Å². The first-order valence-corrected chi connectivity index (χ1v) is 8.35. The van der Waals surface area contributed by atoms with Crippen LogP contribution in [0.15, 0.2) is 58.3 Å². The maximum Gasteiger partial charge on any atom is 0.416 e. The number of benzene rings is 2. The smallest absolute Gasteiger partial charge is 0.267 e. The summed E-state index contributed by atoms with van der Waals surface area (Å²) in [7, 11) is 0. The van der Waals surface area contributed by atoms with Gasteiger partial charge in [0.15, 0.2) is 0 Å². The zero-order chi connectivity index (χ0) is 19.6. The Labute approximate surface area is 153 Å². The Kier molecular flexibility index (Phi) is 5.08. The largest absolute Gasteiger partial charge is 0.416 e. The number of amides is 1. The van der Waals surface area contributed by atoms with E-state index >= 15 is 0 Å². The number of nitrogens with zero attached hydrogens (tertiary/aromatic N) is 2. The predicted molar refractivity (Wildman–Crippen MR) is 89.8 cm³/mol. The molecular formula is C17H11F4N3O2S. The minimum absolute atomic E-state index is 0.0181. The lowest BCUT2D eigenvalue weighted by atomic mass is 10.1. The summed E-state index contributed by atoms with van der Waals surface area (Å²) in [6.07, 6.45) is -4.51. The number of rotatable bonds is 3. The Morgan fingerprint density at radius 3 is 2.48 bits per heavy atom. The first-order chi connectivity index (χ1) is 12.7. The fourth-order valence-corrected chi connectivity index (χ4v) is 2.96. The van der Waals surface area contributed by atoms with E-state index in [1.807, 2.05) is 0 Å². The van der Waals surface area contributed by atoms with E-state index in [0.29, 0.717) is 5.56 Å². The third-order valence-electron chi connectivity index (χ3n) is 3.59. The molecule has 0 atom stereocenters. The quantitative estimate of drug-likeness (QED) is 0.690. The molecule has 0 aliphatic rings. The summed E-state index contributed by atoms with van der Waals surface area (Å²) in [5.74, 6) is -1.27. The molecule has 0 spiro atoms. The summed E-state index contributed by atoms with van der Waals surface area (Å²) in [6.45, 7) is -0.0181. The molecule has 5 nitrogen and oxygen atoms in total. The van der Waals surface area contributed by atoms with Crippen molar-refractivity contribution in [1.82, 2.24) is 8.94 Å². The molecule has 2 aromatic carbocycles. The van der Waals surface area contributed by atoms with Crippen molar-refractivity contribution < 1.29 is 22.4 Å². The van der Waals surface area contributed by atoms with Crippen LogP contribution in [0.25, 0.3) is 0 Å². The van der Waals surface area contributed by atoms with Gasteiger partial charge in [0.05, 0.1) is 12.1 Å². The van der Waals surface area contributed by atoms with Crippen LogP contribution in [0.2, 0.25) is 0 Å². The van der Waals surface area contributed by atoms with E-state index in [1.165, 1.54) is 18.2 Å². The average Bonchev–Trinajstić information content (AvgIpc) is 2.94. The van der Waals surface area contributed by atoms with Gasteiger partial charge in [0.2, 0.25) is 4.80 Å². The number of hydrogen-bond acceptors (Lipinski definition) is 3. The van der Waals surface area contributed by atoms with E-state index in [-0.39, 0.29) is 16.9 Å². The van der Waals surface area contributed by atoms with Crippen molar-refractivity contribution in [2.45, 2.75) is 12.7 Å². The van der Waals surface area contributed by atoms with Crippen LogP contribution in [-0.2, 0) is 12.7 Å². The highest BCUT2D eigenvalue weighted by atomic mass is 32.1. The summed E-state index contributed by atoms with van der Waals surface area (Å²) in [6, 6.07) is 9.18. The van der Waals surface area contributed by atoms with Crippen LogP contribution in [-0.4, -0.2) is 14.8 Å². The van der Waals surface area contributed by atoms with E-state index in [9.17, 15) is 27.2 Å². The van der Waals surface area contributed by atoms with Crippen LogP contribution in [0.4, 0.5) is 17.6 Å². The molecule has 3 rings (SSSR count). The van der Waals surface area contributed by atoms with Crippen molar-refractivity contribution in [2.24, 2.45) is 4.99 Å². The normalized spacial score (nSPS) is 12.4. The average molecular weight is 397 g/mol. The van der Waals surface area contributed by atoms with Crippen LogP contribution >= 0.6 is 11.5 Å². The number of H-pyrrole nitrogens is 1. The van der Waals surface area contributed by atoms with Gasteiger partial charge in [0.1, 0.15) is 5.82 Å². The van der Waals surface area contributed by atoms with Crippen molar-refractivity contribution in [3.05, 3.63) is 86.3 Å². The zero-order valence-corrected chi connectivity index (χ0v) is 14.3. The van der Waals surface area contributed by atoms with Gasteiger partial charge >= 0.3 is 11.9 Å². The molecule has 0 aliphatic carbocycles. The first-order valence-electron chi connectivity index (χ1n) is 7.53. The topological polar surface area (TPSA) is 67.2 Å². The monoisotopic (exact) mass is 397 g/mol. The predicted octanol–water partition coefficient (Wildman–Crippen LogP) is 3.19. The van der Waals surface area contributed by atoms with Crippen LogP contribution in [0.1, 0.15) is 21.5 Å².